The molecule has 1 heterocycles. The van der Waals surface area contributed by atoms with E-state index >= 15 is 0 Å². The smallest absolute Gasteiger partial charge is 0.185 e. The van der Waals surface area contributed by atoms with Crippen LogP contribution in [0.2, 0.25) is 5.15 Å². The molecule has 0 N–H and O–H groups in total. The molecule has 0 radical (unpaired) electrons. The van der Waals surface area contributed by atoms with Gasteiger partial charge in [-0.15, -0.1) is 0 Å². The first-order valence-electron chi connectivity index (χ1n) is 4.42. The van der Waals surface area contributed by atoms with E-state index in [0.29, 0.717) is 11.6 Å². The van der Waals surface area contributed by atoms with E-state index in [2.05, 4.69) is 16.8 Å². The van der Waals surface area contributed by atoms with Crippen molar-refractivity contribution >= 4 is 28.5 Å². The average molecular weight is 240 g/mol. The van der Waals surface area contributed by atoms with Gasteiger partial charge < -0.3 is 0 Å². The Labute approximate surface area is 98.4 Å². The number of carbonyl (C=O) groups excluding carboxylic acids is 1. The number of nitrogens with zero attached hydrogens (tertiary/aromatic N) is 1. The van der Waals surface area contributed by atoms with Gasteiger partial charge in [-0.25, -0.2) is 4.98 Å². The Bertz CT molecular complexity index is 409. The summed E-state index contributed by atoms with van der Waals surface area (Å²) in [6, 6.07) is 3.52. The highest BCUT2D eigenvalue weighted by Crippen LogP contribution is 2.06. The van der Waals surface area contributed by atoms with Crippen molar-refractivity contribution in [1.29, 1.82) is 0 Å². The first-order valence-corrected chi connectivity index (χ1v) is 5.78. The molecule has 0 saturated heterocycles. The number of thioether (sulfide) groups is 1. The van der Waals surface area contributed by atoms with E-state index in [1.807, 2.05) is 0 Å². The van der Waals surface area contributed by atoms with Crippen LogP contribution in [0.25, 0.3) is 0 Å². The summed E-state index contributed by atoms with van der Waals surface area (Å²) in [5.41, 5.74) is 0.850. The topological polar surface area (TPSA) is 30.0 Å². The van der Waals surface area contributed by atoms with Crippen LogP contribution >= 0.6 is 23.4 Å². The maximum absolute atomic E-state index is 10.6. The van der Waals surface area contributed by atoms with Gasteiger partial charge >= 0.3 is 0 Å². The molecule has 78 valence electrons. The van der Waals surface area contributed by atoms with Gasteiger partial charge in [-0.1, -0.05) is 35.2 Å². The van der Waals surface area contributed by atoms with Crippen molar-refractivity contribution in [2.45, 2.75) is 13.3 Å². The highest BCUT2D eigenvalue weighted by Gasteiger charge is 1.91. The summed E-state index contributed by atoms with van der Waals surface area (Å²) in [5, 5.41) is 0.573. The Morgan fingerprint density at radius 3 is 3.13 bits per heavy atom. The molecule has 2 nitrogen and oxygen atoms in total. The van der Waals surface area contributed by atoms with Gasteiger partial charge in [0.15, 0.2) is 5.12 Å². The zero-order valence-corrected chi connectivity index (χ0v) is 9.86. The van der Waals surface area contributed by atoms with Gasteiger partial charge in [0.25, 0.3) is 0 Å². The molecule has 1 aromatic heterocycles. The fourth-order valence-corrected chi connectivity index (χ4v) is 1.56. The molecule has 0 saturated carbocycles. The molecule has 0 spiro atoms. The second kappa shape index (κ2) is 6.49. The minimum Gasteiger partial charge on any atom is -0.288 e. The summed E-state index contributed by atoms with van der Waals surface area (Å²) in [6.07, 6.45) is 2.32. The van der Waals surface area contributed by atoms with Crippen molar-refractivity contribution in [1.82, 2.24) is 4.98 Å². The lowest BCUT2D eigenvalue weighted by Gasteiger charge is -1.90. The first-order chi connectivity index (χ1) is 7.18. The van der Waals surface area contributed by atoms with Crippen LogP contribution in [0.15, 0.2) is 18.3 Å². The summed E-state index contributed by atoms with van der Waals surface area (Å²) in [6.45, 7) is 1.56. The third kappa shape index (κ3) is 5.46. The van der Waals surface area contributed by atoms with E-state index in [4.69, 9.17) is 11.6 Å². The quantitative estimate of drug-likeness (QED) is 0.452. The number of hydrogen-bond donors (Lipinski definition) is 0. The third-order valence-electron chi connectivity index (χ3n) is 1.49. The van der Waals surface area contributed by atoms with Crippen LogP contribution in [-0.4, -0.2) is 15.9 Å². The van der Waals surface area contributed by atoms with Gasteiger partial charge in [-0.05, 0) is 12.1 Å². The molecule has 0 aliphatic carbocycles. The second-order valence-corrected chi connectivity index (χ2v) is 4.42. The van der Waals surface area contributed by atoms with Gasteiger partial charge in [-0.2, -0.15) is 0 Å². The molecule has 0 fully saturated rings. The van der Waals surface area contributed by atoms with Gasteiger partial charge in [-0.3, -0.25) is 4.79 Å². The molecule has 0 atom stereocenters. The SMILES string of the molecule is CC(=O)SCCC#Cc1ccnc(Cl)c1. The second-order valence-electron chi connectivity index (χ2n) is 2.76. The van der Waals surface area contributed by atoms with Crippen molar-refractivity contribution in [3.63, 3.8) is 0 Å². The summed E-state index contributed by atoms with van der Waals surface area (Å²) >= 11 is 6.99. The van der Waals surface area contributed by atoms with Crippen LogP contribution < -0.4 is 0 Å². The lowest BCUT2D eigenvalue weighted by Crippen LogP contribution is -1.84. The van der Waals surface area contributed by atoms with Crippen molar-refractivity contribution in [2.24, 2.45) is 0 Å². The van der Waals surface area contributed by atoms with Crippen LogP contribution in [0.3, 0.4) is 0 Å². The maximum atomic E-state index is 10.6. The van der Waals surface area contributed by atoms with Gasteiger partial charge in [0.1, 0.15) is 5.15 Å². The van der Waals surface area contributed by atoms with E-state index < -0.39 is 0 Å². The highest BCUT2D eigenvalue weighted by molar-refractivity contribution is 8.13. The zero-order valence-electron chi connectivity index (χ0n) is 8.29. The Morgan fingerprint density at radius 2 is 2.47 bits per heavy atom. The van der Waals surface area contributed by atoms with Crippen LogP contribution in [0.4, 0.5) is 0 Å². The number of hydrogen-bond acceptors (Lipinski definition) is 3. The number of halogens is 1. The Morgan fingerprint density at radius 1 is 1.67 bits per heavy atom. The molecule has 15 heavy (non-hydrogen) atoms. The van der Waals surface area contributed by atoms with Gasteiger partial charge in [0.2, 0.25) is 0 Å². The molecule has 1 rings (SSSR count). The van der Waals surface area contributed by atoms with Crippen LogP contribution in [0, 0.1) is 11.8 Å². The Kier molecular flexibility index (Phi) is 5.23. The number of rotatable bonds is 2. The van der Waals surface area contributed by atoms with Crippen molar-refractivity contribution in [2.75, 3.05) is 5.75 Å². The monoisotopic (exact) mass is 239 g/mol. The number of carbonyl (C=O) groups is 1. The van der Waals surface area contributed by atoms with Crippen molar-refractivity contribution in [3.8, 4) is 11.8 Å². The minimum absolute atomic E-state index is 0.128. The Balaban J connectivity index is 2.41. The molecular formula is C11H10ClNOS. The van der Waals surface area contributed by atoms with E-state index in [1.165, 1.54) is 11.8 Å². The fraction of sp³-hybridized carbons (Fsp3) is 0.273. The molecule has 0 amide bonds. The van der Waals surface area contributed by atoms with E-state index in [1.54, 1.807) is 25.3 Å². The van der Waals surface area contributed by atoms with Crippen LogP contribution in [-0.2, 0) is 4.79 Å². The predicted octanol–water partition coefficient (Wildman–Crippen LogP) is 2.76. The van der Waals surface area contributed by atoms with Crippen molar-refractivity contribution < 1.29 is 4.79 Å². The minimum atomic E-state index is 0.128. The van der Waals surface area contributed by atoms with Crippen molar-refractivity contribution in [3.05, 3.63) is 29.0 Å². The molecule has 4 heteroatoms. The maximum Gasteiger partial charge on any atom is 0.185 e. The lowest BCUT2D eigenvalue weighted by molar-refractivity contribution is -0.109. The molecule has 0 aliphatic rings. The van der Waals surface area contributed by atoms with Gasteiger partial charge in [0.05, 0.1) is 0 Å². The summed E-state index contributed by atoms with van der Waals surface area (Å²) in [4.78, 5) is 14.5. The zero-order chi connectivity index (χ0) is 11.1. The first kappa shape index (κ1) is 12.1. The molecule has 0 bridgehead atoms. The molecule has 0 aliphatic heterocycles. The molecule has 1 aromatic rings. The summed E-state index contributed by atoms with van der Waals surface area (Å²) in [7, 11) is 0. The van der Waals surface area contributed by atoms with E-state index in [0.717, 1.165) is 11.3 Å². The summed E-state index contributed by atoms with van der Waals surface area (Å²) < 4.78 is 0. The highest BCUT2D eigenvalue weighted by atomic mass is 35.5. The average Bonchev–Trinajstić information content (AvgIpc) is 2.17. The largest absolute Gasteiger partial charge is 0.288 e. The molecule has 0 unspecified atom stereocenters. The number of aromatic nitrogens is 1. The number of pyridine rings is 1. The molecule has 0 aromatic carbocycles. The summed E-state index contributed by atoms with van der Waals surface area (Å²) in [5.74, 6) is 6.67. The third-order valence-corrected chi connectivity index (χ3v) is 2.51. The van der Waals surface area contributed by atoms with Crippen LogP contribution in [0.5, 0.6) is 0 Å². The van der Waals surface area contributed by atoms with E-state index in [9.17, 15) is 4.79 Å². The lowest BCUT2D eigenvalue weighted by atomic mass is 10.3. The fourth-order valence-electron chi connectivity index (χ4n) is 0.891. The predicted molar refractivity (Wildman–Crippen MR) is 63.9 cm³/mol. The molecular weight excluding hydrogens is 230 g/mol. The van der Waals surface area contributed by atoms with E-state index in [-0.39, 0.29) is 5.12 Å². The Hall–Kier alpha value is -0.980. The standard InChI is InChI=1S/C11H10ClNOS/c1-9(14)15-7-3-2-4-10-5-6-13-11(12)8-10/h5-6,8H,3,7H2,1H3. The van der Waals surface area contributed by atoms with Crippen LogP contribution in [0.1, 0.15) is 18.9 Å². The van der Waals surface area contributed by atoms with Gasteiger partial charge in [0, 0.05) is 30.9 Å². The normalized spacial score (nSPS) is 9.20.